The molecule has 0 aromatic heterocycles. The van der Waals surface area contributed by atoms with Crippen LogP contribution in [0.15, 0.2) is 97.6 Å². The Morgan fingerprint density at radius 3 is 1.60 bits per heavy atom. The number of rotatable bonds is 11. The Labute approximate surface area is 268 Å². The number of methoxy groups -OCH3 is 1. The van der Waals surface area contributed by atoms with Crippen LogP contribution in [0, 0.1) is 0 Å². The van der Waals surface area contributed by atoms with Crippen molar-refractivity contribution in [2.45, 2.75) is 26.9 Å². The molecule has 0 aliphatic carbocycles. The van der Waals surface area contributed by atoms with E-state index in [0.717, 1.165) is 6.07 Å². The minimum atomic E-state index is -4.95. The van der Waals surface area contributed by atoms with E-state index in [0.29, 0.717) is 12.1 Å². The van der Waals surface area contributed by atoms with Crippen LogP contribution in [-0.2, 0) is 25.4 Å². The Balaban J connectivity index is 2.37. The minimum Gasteiger partial charge on any atom is -0.496 e. The van der Waals surface area contributed by atoms with Gasteiger partial charge in [0.2, 0.25) is 0 Å². The van der Waals surface area contributed by atoms with Crippen molar-refractivity contribution in [3.05, 3.63) is 103 Å². The molecule has 3 rings (SSSR count). The lowest BCUT2D eigenvalue weighted by molar-refractivity contribution is -0.141. The summed E-state index contributed by atoms with van der Waals surface area (Å²) in [6, 6.07) is 9.55. The van der Waals surface area contributed by atoms with E-state index in [2.05, 4.69) is 26.3 Å². The summed E-state index contributed by atoms with van der Waals surface area (Å²) < 4.78 is 68.9. The van der Waals surface area contributed by atoms with Crippen molar-refractivity contribution in [1.29, 1.82) is 0 Å². The molecule has 12 heteroatoms. The van der Waals surface area contributed by atoms with Gasteiger partial charge >= 0.3 is 30.1 Å². The van der Waals surface area contributed by atoms with Crippen molar-refractivity contribution in [3.8, 4) is 51.0 Å². The molecule has 3 aromatic rings. The van der Waals surface area contributed by atoms with Crippen LogP contribution in [0.1, 0.15) is 26.3 Å². The fourth-order valence-corrected chi connectivity index (χ4v) is 3.85. The topological polar surface area (TPSA) is 114 Å². The molecule has 0 radical (unpaired) electrons. The zero-order valence-electron chi connectivity index (χ0n) is 25.8. The first-order chi connectivity index (χ1) is 22.0. The van der Waals surface area contributed by atoms with Crippen LogP contribution in [0.4, 0.5) is 13.2 Å². The lowest BCUT2D eigenvalue weighted by atomic mass is 9.96. The summed E-state index contributed by atoms with van der Waals surface area (Å²) in [5, 5.41) is 0. The first-order valence-electron chi connectivity index (χ1n) is 13.5. The Morgan fingerprint density at radius 2 is 1.15 bits per heavy atom. The Hall–Kier alpha value is -5.91. The maximum absolute atomic E-state index is 14.1. The molecule has 9 nitrogen and oxygen atoms in total. The van der Waals surface area contributed by atoms with Gasteiger partial charge in [-0.2, -0.15) is 13.2 Å². The molecular weight excluding hydrogens is 621 g/mol. The summed E-state index contributed by atoms with van der Waals surface area (Å²) in [5.41, 5.74) is -1.17. The molecule has 244 valence electrons. The molecule has 0 aliphatic heterocycles. The van der Waals surface area contributed by atoms with E-state index in [-0.39, 0.29) is 62.0 Å². The van der Waals surface area contributed by atoms with Gasteiger partial charge in [-0.25, -0.2) is 19.2 Å². The van der Waals surface area contributed by atoms with Crippen molar-refractivity contribution >= 4 is 23.9 Å². The number of alkyl halides is 3. The summed E-state index contributed by atoms with van der Waals surface area (Å²) >= 11 is 0. The molecule has 0 heterocycles. The lowest BCUT2D eigenvalue weighted by Crippen LogP contribution is -2.13. The highest BCUT2D eigenvalue weighted by Gasteiger charge is 2.36. The molecule has 0 atom stereocenters. The van der Waals surface area contributed by atoms with Gasteiger partial charge in [0.1, 0.15) is 28.7 Å². The predicted octanol–water partition coefficient (Wildman–Crippen LogP) is 7.58. The molecule has 0 saturated carbocycles. The summed E-state index contributed by atoms with van der Waals surface area (Å²) in [4.78, 5) is 49.6. The predicted molar refractivity (Wildman–Crippen MR) is 166 cm³/mol. The number of halogens is 3. The number of carbonyl (C=O) groups is 4. The second kappa shape index (κ2) is 14.5. The second-order valence-electron chi connectivity index (χ2n) is 10.1. The molecule has 0 bridgehead atoms. The molecule has 0 fully saturated rings. The van der Waals surface area contributed by atoms with Crippen LogP contribution < -0.4 is 23.7 Å². The van der Waals surface area contributed by atoms with Crippen LogP contribution in [0.2, 0.25) is 0 Å². The molecule has 0 spiro atoms. The van der Waals surface area contributed by atoms with Crippen LogP contribution in [0.5, 0.6) is 28.7 Å². The number of hydrogen-bond donors (Lipinski definition) is 0. The van der Waals surface area contributed by atoms with Gasteiger partial charge < -0.3 is 23.7 Å². The molecule has 0 saturated heterocycles. The van der Waals surface area contributed by atoms with Crippen molar-refractivity contribution in [1.82, 2.24) is 0 Å². The van der Waals surface area contributed by atoms with Crippen molar-refractivity contribution < 1.29 is 56.0 Å². The lowest BCUT2D eigenvalue weighted by Gasteiger charge is -2.19. The first-order valence-corrected chi connectivity index (χ1v) is 13.5. The zero-order valence-corrected chi connectivity index (χ0v) is 25.8. The Morgan fingerprint density at radius 1 is 0.660 bits per heavy atom. The largest absolute Gasteiger partial charge is 0.496 e. The van der Waals surface area contributed by atoms with E-state index >= 15 is 0 Å². The van der Waals surface area contributed by atoms with Gasteiger partial charge in [-0.15, -0.1) is 0 Å². The Bertz CT molecular complexity index is 1790. The first kappa shape index (κ1) is 35.6. The van der Waals surface area contributed by atoms with Crippen molar-refractivity contribution in [3.63, 3.8) is 0 Å². The van der Waals surface area contributed by atoms with Crippen LogP contribution in [-0.4, -0.2) is 31.0 Å². The number of hydrogen-bond acceptors (Lipinski definition) is 9. The quantitative estimate of drug-likeness (QED) is 0.118. The number of esters is 4. The van der Waals surface area contributed by atoms with Gasteiger partial charge in [-0.05, 0) is 50.1 Å². The molecule has 0 N–H and O–H groups in total. The fraction of sp³-hybridized carbons (Fsp3) is 0.143. The van der Waals surface area contributed by atoms with Crippen LogP contribution in [0.3, 0.4) is 0 Å². The third-order valence-corrected chi connectivity index (χ3v) is 6.17. The average molecular weight is 651 g/mol. The van der Waals surface area contributed by atoms with Crippen LogP contribution in [0.25, 0.3) is 22.3 Å². The van der Waals surface area contributed by atoms with Crippen molar-refractivity contribution in [2.24, 2.45) is 0 Å². The van der Waals surface area contributed by atoms with Crippen LogP contribution >= 0.6 is 0 Å². The number of carbonyl (C=O) groups excluding carboxylic acids is 4. The highest BCUT2D eigenvalue weighted by atomic mass is 19.4. The monoisotopic (exact) mass is 650 g/mol. The third kappa shape index (κ3) is 8.63. The summed E-state index contributed by atoms with van der Waals surface area (Å²) in [6.07, 6.45) is -4.24. The maximum Gasteiger partial charge on any atom is 0.420 e. The van der Waals surface area contributed by atoms with E-state index in [1.165, 1.54) is 64.3 Å². The molecular formula is C35H29F3O9. The fourth-order valence-electron chi connectivity index (χ4n) is 3.85. The third-order valence-electron chi connectivity index (χ3n) is 6.17. The molecule has 0 unspecified atom stereocenters. The normalized spacial score (nSPS) is 10.7. The molecule has 0 aliphatic rings. The minimum absolute atomic E-state index is 0.00456. The smallest absolute Gasteiger partial charge is 0.420 e. The van der Waals surface area contributed by atoms with Gasteiger partial charge in [0.15, 0.2) is 0 Å². The summed E-state index contributed by atoms with van der Waals surface area (Å²) in [5.74, 6) is -4.87. The maximum atomic E-state index is 14.1. The average Bonchev–Trinajstić information content (AvgIpc) is 3.00. The van der Waals surface area contributed by atoms with Gasteiger partial charge in [0.05, 0.1) is 18.2 Å². The van der Waals surface area contributed by atoms with E-state index in [4.69, 9.17) is 23.7 Å². The number of benzene rings is 3. The van der Waals surface area contributed by atoms with E-state index in [9.17, 15) is 32.3 Å². The van der Waals surface area contributed by atoms with Gasteiger partial charge in [0.25, 0.3) is 0 Å². The van der Waals surface area contributed by atoms with E-state index in [1.807, 2.05) is 0 Å². The molecule has 3 aromatic carbocycles. The summed E-state index contributed by atoms with van der Waals surface area (Å²) in [7, 11) is 1.33. The highest BCUT2D eigenvalue weighted by molar-refractivity contribution is 5.95. The second-order valence-corrected chi connectivity index (χ2v) is 10.1. The van der Waals surface area contributed by atoms with E-state index in [1.54, 1.807) is 0 Å². The van der Waals surface area contributed by atoms with Gasteiger partial charge in [0, 0.05) is 40.5 Å². The molecule has 47 heavy (non-hydrogen) atoms. The van der Waals surface area contributed by atoms with Crippen molar-refractivity contribution in [2.75, 3.05) is 7.11 Å². The SMILES string of the molecule is C=CC(=O)Oc1ccc(-c2ccc(-c3c(OC(=O)C(=C)C)cc(OC)cc3OC(=O)C(=C)C)cc2OC(=O)C(=C)C)cc1C(F)(F)F. The Kier molecular flexibility index (Phi) is 10.9. The van der Waals surface area contributed by atoms with E-state index < -0.39 is 41.4 Å². The highest BCUT2D eigenvalue weighted by Crippen LogP contribution is 2.46. The standard InChI is InChI=1S/C35H29F3O9/c1-9-30(39)44-26-13-11-21(14-25(26)35(36,37)38)24-12-10-22(15-27(24)45-32(40)18(2)3)31-28(46-33(41)19(4)5)16-23(43-8)17-29(31)47-34(42)20(6)7/h9-17H,1-2,4,6H2,3,5,7-8H3. The number of ether oxygens (including phenoxy) is 5. The zero-order chi connectivity index (χ0) is 35.2. The summed E-state index contributed by atoms with van der Waals surface area (Å²) in [6.45, 7) is 18.1. The molecule has 0 amide bonds. The van der Waals surface area contributed by atoms with Gasteiger partial charge in [-0.1, -0.05) is 44.5 Å². The van der Waals surface area contributed by atoms with Gasteiger partial charge in [-0.3, -0.25) is 0 Å².